The van der Waals surface area contributed by atoms with E-state index in [9.17, 15) is 23.3 Å². The summed E-state index contributed by atoms with van der Waals surface area (Å²) in [5, 5.41) is 10.9. The quantitative estimate of drug-likeness (QED) is 0.467. The molecule has 0 saturated heterocycles. The van der Waals surface area contributed by atoms with E-state index in [1.165, 1.54) is 11.8 Å². The van der Waals surface area contributed by atoms with Crippen LogP contribution in [0.4, 0.5) is 5.69 Å². The highest BCUT2D eigenvalue weighted by molar-refractivity contribution is 8.13. The van der Waals surface area contributed by atoms with Crippen LogP contribution in [-0.4, -0.2) is 37.2 Å². The summed E-state index contributed by atoms with van der Waals surface area (Å²) >= 11 is 0. The number of rotatable bonds is 5. The van der Waals surface area contributed by atoms with Crippen LogP contribution in [0.15, 0.2) is 17.0 Å². The van der Waals surface area contributed by atoms with E-state index in [0.717, 1.165) is 12.1 Å². The standard InChI is InChI=1S/C12H15ClN2O5S/c1-4-14(5-2)12(16)10-6-9(15(17)18)7-11(8(10)3)21(13,19)20/h6-7H,4-5H2,1-3H3. The summed E-state index contributed by atoms with van der Waals surface area (Å²) in [6, 6.07) is 1.93. The molecule has 1 aromatic rings. The molecular formula is C12H15ClN2O5S. The number of nitrogens with zero attached hydrogens (tertiary/aromatic N) is 2. The van der Waals surface area contributed by atoms with E-state index in [-0.39, 0.29) is 11.1 Å². The van der Waals surface area contributed by atoms with Crippen molar-refractivity contribution in [3.05, 3.63) is 33.4 Å². The van der Waals surface area contributed by atoms with Crippen molar-refractivity contribution in [1.29, 1.82) is 0 Å². The summed E-state index contributed by atoms with van der Waals surface area (Å²) in [5.41, 5.74) is -0.421. The number of hydrogen-bond donors (Lipinski definition) is 0. The molecule has 1 rings (SSSR count). The largest absolute Gasteiger partial charge is 0.339 e. The van der Waals surface area contributed by atoms with Crippen LogP contribution in [-0.2, 0) is 9.05 Å². The van der Waals surface area contributed by atoms with E-state index < -0.39 is 30.5 Å². The van der Waals surface area contributed by atoms with Gasteiger partial charge in [0.15, 0.2) is 0 Å². The van der Waals surface area contributed by atoms with E-state index in [4.69, 9.17) is 10.7 Å². The van der Waals surface area contributed by atoms with Crippen molar-refractivity contribution in [2.75, 3.05) is 13.1 Å². The van der Waals surface area contributed by atoms with Crippen molar-refractivity contribution in [3.8, 4) is 0 Å². The Morgan fingerprint density at radius 1 is 1.33 bits per heavy atom. The lowest BCUT2D eigenvalue weighted by molar-refractivity contribution is -0.385. The molecule has 0 N–H and O–H groups in total. The Labute approximate surface area is 127 Å². The van der Waals surface area contributed by atoms with Crippen LogP contribution in [0, 0.1) is 17.0 Å². The summed E-state index contributed by atoms with van der Waals surface area (Å²) < 4.78 is 23.1. The van der Waals surface area contributed by atoms with Crippen LogP contribution in [0.5, 0.6) is 0 Å². The predicted molar refractivity (Wildman–Crippen MR) is 78.1 cm³/mol. The average Bonchev–Trinajstić information content (AvgIpc) is 2.38. The van der Waals surface area contributed by atoms with Crippen molar-refractivity contribution in [2.24, 2.45) is 0 Å². The fourth-order valence-electron chi connectivity index (χ4n) is 1.94. The van der Waals surface area contributed by atoms with Gasteiger partial charge in [-0.1, -0.05) is 0 Å². The van der Waals surface area contributed by atoms with Crippen LogP contribution in [0.2, 0.25) is 0 Å². The number of hydrogen-bond acceptors (Lipinski definition) is 5. The molecule has 0 radical (unpaired) electrons. The number of nitro benzene ring substituents is 1. The Bertz CT molecular complexity index is 683. The number of nitro groups is 1. The maximum Gasteiger partial charge on any atom is 0.271 e. The van der Waals surface area contributed by atoms with Gasteiger partial charge in [0.2, 0.25) is 0 Å². The molecule has 0 aliphatic rings. The predicted octanol–water partition coefficient (Wildman–Crippen LogP) is 2.31. The zero-order valence-corrected chi connectivity index (χ0v) is 13.4. The zero-order chi connectivity index (χ0) is 16.4. The van der Waals surface area contributed by atoms with Gasteiger partial charge in [0, 0.05) is 35.9 Å². The minimum absolute atomic E-state index is 0.0351. The molecule has 0 unspecified atom stereocenters. The first-order valence-electron chi connectivity index (χ1n) is 6.16. The number of carbonyl (C=O) groups excluding carboxylic acids is 1. The molecule has 0 bridgehead atoms. The molecule has 9 heteroatoms. The summed E-state index contributed by atoms with van der Waals surface area (Å²) in [4.78, 5) is 23.5. The fourth-order valence-corrected chi connectivity index (χ4v) is 3.15. The number of non-ortho nitro benzene ring substituents is 1. The van der Waals surface area contributed by atoms with E-state index >= 15 is 0 Å². The Kier molecular flexibility index (Phi) is 5.30. The Morgan fingerprint density at radius 3 is 2.24 bits per heavy atom. The number of amides is 1. The second-order valence-corrected chi connectivity index (χ2v) is 6.82. The number of carbonyl (C=O) groups is 1. The maximum atomic E-state index is 12.3. The summed E-state index contributed by atoms with van der Waals surface area (Å²) in [5.74, 6) is -0.470. The molecule has 0 saturated carbocycles. The SMILES string of the molecule is CCN(CC)C(=O)c1cc([N+](=O)[O-])cc(S(=O)(=O)Cl)c1C. The topological polar surface area (TPSA) is 97.6 Å². The van der Waals surface area contributed by atoms with Crippen molar-refractivity contribution in [1.82, 2.24) is 4.90 Å². The molecule has 0 spiro atoms. The summed E-state index contributed by atoms with van der Waals surface area (Å²) in [6.07, 6.45) is 0. The minimum Gasteiger partial charge on any atom is -0.339 e. The van der Waals surface area contributed by atoms with E-state index in [2.05, 4.69) is 0 Å². The van der Waals surface area contributed by atoms with E-state index in [0.29, 0.717) is 13.1 Å². The molecule has 0 aliphatic carbocycles. The van der Waals surface area contributed by atoms with Gasteiger partial charge in [0.25, 0.3) is 20.6 Å². The third-order valence-electron chi connectivity index (χ3n) is 3.10. The van der Waals surface area contributed by atoms with Gasteiger partial charge in [-0.2, -0.15) is 0 Å². The normalized spacial score (nSPS) is 11.2. The van der Waals surface area contributed by atoms with Gasteiger partial charge in [-0.05, 0) is 26.3 Å². The molecule has 0 aliphatic heterocycles. The van der Waals surface area contributed by atoms with Crippen LogP contribution >= 0.6 is 10.7 Å². The van der Waals surface area contributed by atoms with Crippen LogP contribution < -0.4 is 0 Å². The highest BCUT2D eigenvalue weighted by Gasteiger charge is 2.26. The van der Waals surface area contributed by atoms with Gasteiger partial charge in [-0.15, -0.1) is 0 Å². The first-order chi connectivity index (χ1) is 9.63. The van der Waals surface area contributed by atoms with E-state index in [1.54, 1.807) is 13.8 Å². The molecule has 116 valence electrons. The van der Waals surface area contributed by atoms with Crippen LogP contribution in [0.1, 0.15) is 29.8 Å². The minimum atomic E-state index is -4.19. The molecule has 0 atom stereocenters. The molecular weight excluding hydrogens is 320 g/mol. The van der Waals surface area contributed by atoms with E-state index in [1.807, 2.05) is 0 Å². The smallest absolute Gasteiger partial charge is 0.271 e. The second kappa shape index (κ2) is 6.40. The Hall–Kier alpha value is -1.67. The third kappa shape index (κ3) is 3.70. The first-order valence-corrected chi connectivity index (χ1v) is 8.47. The highest BCUT2D eigenvalue weighted by Crippen LogP contribution is 2.29. The summed E-state index contributed by atoms with van der Waals surface area (Å²) in [7, 11) is 1.10. The van der Waals surface area contributed by atoms with Crippen LogP contribution in [0.25, 0.3) is 0 Å². The van der Waals surface area contributed by atoms with Gasteiger partial charge in [0.05, 0.1) is 15.4 Å². The molecule has 7 nitrogen and oxygen atoms in total. The van der Waals surface area contributed by atoms with Crippen molar-refractivity contribution >= 4 is 31.3 Å². The lowest BCUT2D eigenvalue weighted by atomic mass is 10.1. The average molecular weight is 335 g/mol. The fraction of sp³-hybridized carbons (Fsp3) is 0.417. The van der Waals surface area contributed by atoms with Crippen LogP contribution in [0.3, 0.4) is 0 Å². The van der Waals surface area contributed by atoms with Crippen molar-refractivity contribution in [3.63, 3.8) is 0 Å². The zero-order valence-electron chi connectivity index (χ0n) is 11.8. The molecule has 1 amide bonds. The van der Waals surface area contributed by atoms with Gasteiger partial charge < -0.3 is 4.90 Å². The second-order valence-electron chi connectivity index (χ2n) is 4.29. The number of benzene rings is 1. The van der Waals surface area contributed by atoms with Gasteiger partial charge in [-0.3, -0.25) is 14.9 Å². The Morgan fingerprint density at radius 2 is 1.86 bits per heavy atom. The maximum absolute atomic E-state index is 12.3. The monoisotopic (exact) mass is 334 g/mol. The highest BCUT2D eigenvalue weighted by atomic mass is 35.7. The molecule has 21 heavy (non-hydrogen) atoms. The Balaban J connectivity index is 3.62. The molecule has 0 fully saturated rings. The molecule has 1 aromatic carbocycles. The number of halogens is 1. The summed E-state index contributed by atoms with van der Waals surface area (Å²) in [6.45, 7) is 5.72. The third-order valence-corrected chi connectivity index (χ3v) is 4.55. The van der Waals surface area contributed by atoms with Crippen molar-refractivity contribution in [2.45, 2.75) is 25.7 Å². The van der Waals surface area contributed by atoms with Gasteiger partial charge in [-0.25, -0.2) is 8.42 Å². The molecule has 0 aromatic heterocycles. The van der Waals surface area contributed by atoms with Gasteiger partial charge in [0.1, 0.15) is 0 Å². The first kappa shape index (κ1) is 17.4. The lowest BCUT2D eigenvalue weighted by Crippen LogP contribution is -2.31. The molecule has 0 heterocycles. The van der Waals surface area contributed by atoms with Gasteiger partial charge >= 0.3 is 0 Å². The van der Waals surface area contributed by atoms with Crippen molar-refractivity contribution < 1.29 is 18.1 Å². The lowest BCUT2D eigenvalue weighted by Gasteiger charge is -2.20.